The molecule has 3 rings (SSSR count). The van der Waals surface area contributed by atoms with Crippen molar-refractivity contribution in [1.29, 1.82) is 0 Å². The molecule has 5 heteroatoms. The lowest BCUT2D eigenvalue weighted by Crippen LogP contribution is -2.49. The molecule has 1 saturated carbocycles. The number of hydrogen-bond acceptors (Lipinski definition) is 3. The fourth-order valence-electron chi connectivity index (χ4n) is 4.54. The summed E-state index contributed by atoms with van der Waals surface area (Å²) in [6, 6.07) is 6.32. The van der Waals surface area contributed by atoms with E-state index in [1.165, 1.54) is 24.8 Å². The van der Waals surface area contributed by atoms with Gasteiger partial charge < -0.3 is 15.0 Å². The molecule has 1 aromatic carbocycles. The van der Waals surface area contributed by atoms with E-state index >= 15 is 0 Å². The van der Waals surface area contributed by atoms with Gasteiger partial charge in [0.25, 0.3) is 5.91 Å². The van der Waals surface area contributed by atoms with E-state index in [1.807, 2.05) is 17.0 Å². The molecule has 1 aliphatic carbocycles. The summed E-state index contributed by atoms with van der Waals surface area (Å²) < 4.78 is 5.94. The summed E-state index contributed by atoms with van der Waals surface area (Å²) in [6.07, 6.45) is 7.29. The number of amides is 2. The molecule has 2 fully saturated rings. The first kappa shape index (κ1) is 22.6. The van der Waals surface area contributed by atoms with E-state index in [-0.39, 0.29) is 35.8 Å². The monoisotopic (exact) mass is 414 g/mol. The Kier molecular flexibility index (Phi) is 7.43. The molecule has 2 amide bonds. The summed E-state index contributed by atoms with van der Waals surface area (Å²) in [6.45, 7) is 9.96. The van der Waals surface area contributed by atoms with Crippen LogP contribution >= 0.6 is 0 Å². The van der Waals surface area contributed by atoms with Crippen molar-refractivity contribution >= 4 is 11.8 Å². The minimum absolute atomic E-state index is 0.0208. The van der Waals surface area contributed by atoms with Crippen LogP contribution in [-0.4, -0.2) is 42.5 Å². The lowest BCUT2D eigenvalue weighted by molar-refractivity contribution is -0.134. The number of likely N-dealkylation sites (tertiary alicyclic amines) is 1. The Morgan fingerprint density at radius 3 is 2.37 bits per heavy atom. The highest BCUT2D eigenvalue weighted by molar-refractivity contribution is 5.79. The summed E-state index contributed by atoms with van der Waals surface area (Å²) in [7, 11) is 0. The van der Waals surface area contributed by atoms with Gasteiger partial charge in [-0.1, -0.05) is 57.7 Å². The summed E-state index contributed by atoms with van der Waals surface area (Å²) in [5.41, 5.74) is 2.27. The minimum Gasteiger partial charge on any atom is -0.483 e. The van der Waals surface area contributed by atoms with Crippen molar-refractivity contribution < 1.29 is 14.3 Å². The number of aryl methyl sites for hydroxylation is 1. The Morgan fingerprint density at radius 2 is 1.73 bits per heavy atom. The van der Waals surface area contributed by atoms with Crippen molar-refractivity contribution in [1.82, 2.24) is 10.2 Å². The van der Waals surface area contributed by atoms with Gasteiger partial charge in [-0.15, -0.1) is 0 Å². The highest BCUT2D eigenvalue weighted by atomic mass is 16.5. The molecular formula is C25H38N2O3. The molecule has 5 nitrogen and oxygen atoms in total. The number of hydrogen-bond donors (Lipinski definition) is 1. The van der Waals surface area contributed by atoms with Crippen molar-refractivity contribution in [2.45, 2.75) is 84.1 Å². The van der Waals surface area contributed by atoms with E-state index in [9.17, 15) is 9.59 Å². The Hall–Kier alpha value is -2.04. The van der Waals surface area contributed by atoms with E-state index in [4.69, 9.17) is 4.74 Å². The van der Waals surface area contributed by atoms with Crippen molar-refractivity contribution in [2.24, 2.45) is 5.92 Å². The number of carbonyl (C=O) groups excluding carboxylic acids is 2. The molecule has 0 spiro atoms. The van der Waals surface area contributed by atoms with Gasteiger partial charge in [0.05, 0.1) is 0 Å². The van der Waals surface area contributed by atoms with Gasteiger partial charge in [-0.25, -0.2) is 0 Å². The maximum Gasteiger partial charge on any atom is 0.260 e. The number of ether oxygens (including phenoxy) is 1. The Labute approximate surface area is 181 Å². The fraction of sp³-hybridized carbons (Fsp3) is 0.680. The zero-order valence-corrected chi connectivity index (χ0v) is 19.1. The molecule has 1 N–H and O–H groups in total. The van der Waals surface area contributed by atoms with Crippen LogP contribution in [0.4, 0.5) is 0 Å². The second-order valence-electron chi connectivity index (χ2n) is 10.0. The Balaban J connectivity index is 1.46. The third kappa shape index (κ3) is 5.99. The van der Waals surface area contributed by atoms with Crippen molar-refractivity contribution in [2.75, 3.05) is 19.7 Å². The first-order chi connectivity index (χ1) is 14.2. The van der Waals surface area contributed by atoms with Gasteiger partial charge in [-0.05, 0) is 49.7 Å². The third-order valence-corrected chi connectivity index (χ3v) is 6.46. The maximum atomic E-state index is 12.7. The van der Waals surface area contributed by atoms with Gasteiger partial charge in [-0.3, -0.25) is 9.59 Å². The summed E-state index contributed by atoms with van der Waals surface area (Å²) >= 11 is 0. The highest BCUT2D eigenvalue weighted by Gasteiger charge is 2.28. The second-order valence-corrected chi connectivity index (χ2v) is 10.0. The van der Waals surface area contributed by atoms with E-state index < -0.39 is 0 Å². The SMILES string of the molecule is Cc1ccc(OCC(=O)N2CCC(NC(=O)C3CCCCC3)CC2)c(C(C)(C)C)c1. The number of benzene rings is 1. The fourth-order valence-corrected chi connectivity index (χ4v) is 4.54. The maximum absolute atomic E-state index is 12.7. The van der Waals surface area contributed by atoms with Gasteiger partial charge in [-0.2, -0.15) is 0 Å². The summed E-state index contributed by atoms with van der Waals surface area (Å²) in [5.74, 6) is 1.22. The number of carbonyl (C=O) groups is 2. The van der Waals surface area contributed by atoms with Crippen LogP contribution in [0.15, 0.2) is 18.2 Å². The average molecular weight is 415 g/mol. The van der Waals surface area contributed by atoms with Gasteiger partial charge in [0.1, 0.15) is 5.75 Å². The molecular weight excluding hydrogens is 376 g/mol. The average Bonchev–Trinajstić information content (AvgIpc) is 2.73. The lowest BCUT2D eigenvalue weighted by atomic mass is 9.85. The lowest BCUT2D eigenvalue weighted by Gasteiger charge is -2.33. The molecule has 0 aromatic heterocycles. The van der Waals surface area contributed by atoms with Crippen molar-refractivity contribution in [3.8, 4) is 5.75 Å². The first-order valence-electron chi connectivity index (χ1n) is 11.6. The zero-order valence-electron chi connectivity index (χ0n) is 19.1. The largest absolute Gasteiger partial charge is 0.483 e. The van der Waals surface area contributed by atoms with Crippen molar-refractivity contribution in [3.05, 3.63) is 29.3 Å². The normalized spacial score (nSPS) is 18.9. The van der Waals surface area contributed by atoms with Crippen LogP contribution in [0.25, 0.3) is 0 Å². The zero-order chi connectivity index (χ0) is 21.7. The van der Waals surface area contributed by atoms with Crippen LogP contribution < -0.4 is 10.1 Å². The van der Waals surface area contributed by atoms with Gasteiger partial charge in [0, 0.05) is 25.0 Å². The van der Waals surface area contributed by atoms with Gasteiger partial charge in [0.15, 0.2) is 6.61 Å². The number of piperidine rings is 1. The minimum atomic E-state index is -0.0424. The van der Waals surface area contributed by atoms with Crippen LogP contribution in [0.3, 0.4) is 0 Å². The van der Waals surface area contributed by atoms with E-state index in [0.717, 1.165) is 37.0 Å². The molecule has 166 valence electrons. The standard InChI is InChI=1S/C25H38N2O3/c1-18-10-11-22(21(16-18)25(2,3)4)30-17-23(28)27-14-12-20(13-15-27)26-24(29)19-8-6-5-7-9-19/h10-11,16,19-20H,5-9,12-15,17H2,1-4H3,(H,26,29). The molecule has 2 aliphatic rings. The third-order valence-electron chi connectivity index (χ3n) is 6.46. The van der Waals surface area contributed by atoms with E-state index in [2.05, 4.69) is 39.1 Å². The summed E-state index contributed by atoms with van der Waals surface area (Å²) in [5, 5.41) is 3.23. The predicted octanol–water partition coefficient (Wildman–Crippen LogP) is 4.36. The van der Waals surface area contributed by atoms with Crippen LogP contribution in [0.5, 0.6) is 5.75 Å². The van der Waals surface area contributed by atoms with Gasteiger partial charge >= 0.3 is 0 Å². The topological polar surface area (TPSA) is 58.6 Å². The Bertz CT molecular complexity index is 739. The highest BCUT2D eigenvalue weighted by Crippen LogP contribution is 2.32. The summed E-state index contributed by atoms with van der Waals surface area (Å²) in [4.78, 5) is 27.0. The Morgan fingerprint density at radius 1 is 1.07 bits per heavy atom. The van der Waals surface area contributed by atoms with Gasteiger partial charge in [0.2, 0.25) is 5.91 Å². The molecule has 1 aliphatic heterocycles. The molecule has 30 heavy (non-hydrogen) atoms. The molecule has 0 radical (unpaired) electrons. The van der Waals surface area contributed by atoms with E-state index in [0.29, 0.717) is 13.1 Å². The molecule has 1 saturated heterocycles. The predicted molar refractivity (Wildman–Crippen MR) is 120 cm³/mol. The quantitative estimate of drug-likeness (QED) is 0.779. The van der Waals surface area contributed by atoms with Crippen molar-refractivity contribution in [3.63, 3.8) is 0 Å². The number of rotatable bonds is 5. The number of nitrogens with one attached hydrogen (secondary N) is 1. The second kappa shape index (κ2) is 9.84. The molecule has 0 unspecified atom stereocenters. The molecule has 0 bridgehead atoms. The van der Waals surface area contributed by atoms with Crippen LogP contribution in [0.1, 0.15) is 76.8 Å². The molecule has 1 heterocycles. The van der Waals surface area contributed by atoms with Crippen LogP contribution in [0.2, 0.25) is 0 Å². The van der Waals surface area contributed by atoms with Crippen LogP contribution in [0, 0.1) is 12.8 Å². The number of nitrogens with zero attached hydrogens (tertiary/aromatic N) is 1. The molecule has 0 atom stereocenters. The smallest absolute Gasteiger partial charge is 0.260 e. The van der Waals surface area contributed by atoms with E-state index in [1.54, 1.807) is 0 Å². The molecule has 1 aromatic rings. The first-order valence-corrected chi connectivity index (χ1v) is 11.6. The van der Waals surface area contributed by atoms with Crippen LogP contribution in [-0.2, 0) is 15.0 Å².